The smallest absolute Gasteiger partial charge is 0.237 e. The van der Waals surface area contributed by atoms with E-state index >= 15 is 0 Å². The van der Waals surface area contributed by atoms with Crippen LogP contribution in [0.1, 0.15) is 25.5 Å². The van der Waals surface area contributed by atoms with Crippen molar-refractivity contribution >= 4 is 5.69 Å². The molecule has 0 saturated carbocycles. The first-order chi connectivity index (χ1) is 10.1. The average molecular weight is 290 g/mol. The molecular weight excluding hydrogens is 271 g/mol. The van der Waals surface area contributed by atoms with Gasteiger partial charge in [0.15, 0.2) is 0 Å². The van der Waals surface area contributed by atoms with Crippen LogP contribution in [-0.2, 0) is 0 Å². The summed E-state index contributed by atoms with van der Waals surface area (Å²) in [6.45, 7) is 4.07. The second-order valence-corrected chi connectivity index (χ2v) is 4.97. The van der Waals surface area contributed by atoms with Crippen LogP contribution in [0, 0.1) is 5.82 Å². The molecule has 2 rings (SSSR count). The molecule has 0 radical (unpaired) electrons. The van der Waals surface area contributed by atoms with Gasteiger partial charge in [0.25, 0.3) is 0 Å². The molecule has 1 aromatic heterocycles. The van der Waals surface area contributed by atoms with E-state index in [2.05, 4.69) is 10.3 Å². The molecule has 21 heavy (non-hydrogen) atoms. The van der Waals surface area contributed by atoms with Crippen molar-refractivity contribution in [3.8, 4) is 5.88 Å². The Bertz CT molecular complexity index is 590. The molecule has 0 bridgehead atoms. The molecule has 2 N–H and O–H groups in total. The molecule has 0 spiro atoms. The van der Waals surface area contributed by atoms with Crippen molar-refractivity contribution < 1.29 is 14.2 Å². The fourth-order valence-corrected chi connectivity index (χ4v) is 1.88. The molecule has 5 heteroatoms. The number of benzene rings is 1. The minimum absolute atomic E-state index is 0.00796. The first-order valence-electron chi connectivity index (χ1n) is 6.85. The van der Waals surface area contributed by atoms with Gasteiger partial charge in [0, 0.05) is 12.7 Å². The second-order valence-electron chi connectivity index (χ2n) is 4.97. The molecule has 112 valence electrons. The van der Waals surface area contributed by atoms with Gasteiger partial charge in [-0.1, -0.05) is 12.1 Å². The summed E-state index contributed by atoms with van der Waals surface area (Å²) in [5, 5.41) is 13.2. The molecule has 0 aliphatic rings. The number of pyridine rings is 1. The van der Waals surface area contributed by atoms with Gasteiger partial charge < -0.3 is 15.2 Å². The van der Waals surface area contributed by atoms with Crippen LogP contribution in [0.4, 0.5) is 10.1 Å². The Morgan fingerprint density at radius 3 is 2.81 bits per heavy atom. The predicted octanol–water partition coefficient (Wildman–Crippen LogP) is 3.15. The summed E-state index contributed by atoms with van der Waals surface area (Å²) in [5.41, 5.74) is 1.22. The van der Waals surface area contributed by atoms with E-state index in [0.29, 0.717) is 17.1 Å². The van der Waals surface area contributed by atoms with Gasteiger partial charge >= 0.3 is 0 Å². The van der Waals surface area contributed by atoms with Crippen molar-refractivity contribution in [2.24, 2.45) is 0 Å². The Kier molecular flexibility index (Phi) is 5.11. The fraction of sp³-hybridized carbons (Fsp3) is 0.312. The second kappa shape index (κ2) is 7.04. The SMILES string of the molecule is CC(C)Oc1ncccc1NCC(O)c1cccc(F)c1. The van der Waals surface area contributed by atoms with Crippen molar-refractivity contribution in [3.05, 3.63) is 54.0 Å². The summed E-state index contributed by atoms with van der Waals surface area (Å²) < 4.78 is 18.7. The highest BCUT2D eigenvalue weighted by Gasteiger charge is 2.11. The van der Waals surface area contributed by atoms with Gasteiger partial charge in [-0.3, -0.25) is 0 Å². The van der Waals surface area contributed by atoms with Crippen LogP contribution in [0.3, 0.4) is 0 Å². The summed E-state index contributed by atoms with van der Waals surface area (Å²) in [4.78, 5) is 4.16. The fourth-order valence-electron chi connectivity index (χ4n) is 1.88. The summed E-state index contributed by atoms with van der Waals surface area (Å²) >= 11 is 0. The predicted molar refractivity (Wildman–Crippen MR) is 79.9 cm³/mol. The van der Waals surface area contributed by atoms with E-state index in [4.69, 9.17) is 4.74 Å². The van der Waals surface area contributed by atoms with Crippen molar-refractivity contribution in [3.63, 3.8) is 0 Å². The lowest BCUT2D eigenvalue weighted by atomic mass is 10.1. The van der Waals surface area contributed by atoms with E-state index in [1.807, 2.05) is 19.9 Å². The van der Waals surface area contributed by atoms with Crippen molar-refractivity contribution in [2.45, 2.75) is 26.1 Å². The van der Waals surface area contributed by atoms with E-state index in [1.165, 1.54) is 12.1 Å². The molecule has 0 saturated heterocycles. The van der Waals surface area contributed by atoms with Gasteiger partial charge in [0.1, 0.15) is 5.82 Å². The lowest BCUT2D eigenvalue weighted by Crippen LogP contribution is -2.15. The Hall–Kier alpha value is -2.14. The van der Waals surface area contributed by atoms with Crippen molar-refractivity contribution in [1.29, 1.82) is 0 Å². The third-order valence-electron chi connectivity index (χ3n) is 2.84. The number of ether oxygens (including phenoxy) is 1. The zero-order chi connectivity index (χ0) is 15.2. The van der Waals surface area contributed by atoms with Gasteiger partial charge in [-0.05, 0) is 43.7 Å². The van der Waals surface area contributed by atoms with Crippen LogP contribution in [0.25, 0.3) is 0 Å². The zero-order valence-electron chi connectivity index (χ0n) is 12.1. The lowest BCUT2D eigenvalue weighted by molar-refractivity contribution is 0.190. The van der Waals surface area contributed by atoms with Crippen LogP contribution in [0.15, 0.2) is 42.6 Å². The number of aliphatic hydroxyl groups excluding tert-OH is 1. The first kappa shape index (κ1) is 15.3. The maximum Gasteiger partial charge on any atom is 0.237 e. The highest BCUT2D eigenvalue weighted by molar-refractivity contribution is 5.52. The molecule has 0 fully saturated rings. The number of aliphatic hydroxyl groups is 1. The first-order valence-corrected chi connectivity index (χ1v) is 6.85. The van der Waals surface area contributed by atoms with Crippen LogP contribution in [0.2, 0.25) is 0 Å². The highest BCUT2D eigenvalue weighted by atomic mass is 19.1. The molecule has 4 nitrogen and oxygen atoms in total. The third kappa shape index (κ3) is 4.43. The maximum atomic E-state index is 13.1. The third-order valence-corrected chi connectivity index (χ3v) is 2.84. The molecule has 0 aliphatic heterocycles. The largest absolute Gasteiger partial charge is 0.473 e. The Labute approximate surface area is 123 Å². The molecule has 1 unspecified atom stereocenters. The minimum Gasteiger partial charge on any atom is -0.473 e. The van der Waals surface area contributed by atoms with Gasteiger partial charge in [-0.15, -0.1) is 0 Å². The van der Waals surface area contributed by atoms with Crippen molar-refractivity contribution in [1.82, 2.24) is 4.98 Å². The molecule has 1 atom stereocenters. The molecule has 1 heterocycles. The number of anilines is 1. The minimum atomic E-state index is -0.812. The highest BCUT2D eigenvalue weighted by Crippen LogP contribution is 2.23. The van der Waals surface area contributed by atoms with Crippen LogP contribution in [0.5, 0.6) is 5.88 Å². The zero-order valence-corrected chi connectivity index (χ0v) is 12.1. The quantitative estimate of drug-likeness (QED) is 0.858. The number of nitrogens with one attached hydrogen (secondary N) is 1. The Balaban J connectivity index is 2.02. The topological polar surface area (TPSA) is 54.4 Å². The normalized spacial score (nSPS) is 12.2. The van der Waals surface area contributed by atoms with Crippen LogP contribution >= 0.6 is 0 Å². The summed E-state index contributed by atoms with van der Waals surface area (Å²) in [5.74, 6) is 0.121. The van der Waals surface area contributed by atoms with Gasteiger partial charge in [-0.2, -0.15) is 0 Å². The Morgan fingerprint density at radius 2 is 2.10 bits per heavy atom. The number of hydrogen-bond acceptors (Lipinski definition) is 4. The number of aromatic nitrogens is 1. The number of halogens is 1. The van der Waals surface area contributed by atoms with E-state index in [1.54, 1.807) is 24.4 Å². The van der Waals surface area contributed by atoms with Crippen molar-refractivity contribution in [2.75, 3.05) is 11.9 Å². The molecule has 1 aromatic carbocycles. The number of nitrogens with zero attached hydrogens (tertiary/aromatic N) is 1. The van der Waals surface area contributed by atoms with E-state index < -0.39 is 6.10 Å². The maximum absolute atomic E-state index is 13.1. The molecule has 2 aromatic rings. The lowest BCUT2D eigenvalue weighted by Gasteiger charge is -2.16. The van der Waals surface area contributed by atoms with Crippen LogP contribution in [-0.4, -0.2) is 22.7 Å². The molecule has 0 amide bonds. The van der Waals surface area contributed by atoms with Gasteiger partial charge in [0.2, 0.25) is 5.88 Å². The standard InChI is InChI=1S/C16H19FN2O2/c1-11(2)21-16-14(7-4-8-18-16)19-10-15(20)12-5-3-6-13(17)9-12/h3-9,11,15,19-20H,10H2,1-2H3. The van der Waals surface area contributed by atoms with E-state index in [9.17, 15) is 9.50 Å². The summed E-state index contributed by atoms with van der Waals surface area (Å²) in [6.07, 6.45) is 0.840. The summed E-state index contributed by atoms with van der Waals surface area (Å²) in [6, 6.07) is 9.53. The monoisotopic (exact) mass is 290 g/mol. The molecular formula is C16H19FN2O2. The van der Waals surface area contributed by atoms with Gasteiger partial charge in [0.05, 0.1) is 17.9 Å². The Morgan fingerprint density at radius 1 is 1.29 bits per heavy atom. The average Bonchev–Trinajstić information content (AvgIpc) is 2.45. The molecule has 0 aliphatic carbocycles. The number of rotatable bonds is 6. The summed E-state index contributed by atoms with van der Waals surface area (Å²) in [7, 11) is 0. The van der Waals surface area contributed by atoms with Gasteiger partial charge in [-0.25, -0.2) is 9.37 Å². The van der Waals surface area contributed by atoms with Crippen LogP contribution < -0.4 is 10.1 Å². The van der Waals surface area contributed by atoms with E-state index in [-0.39, 0.29) is 18.5 Å². The number of hydrogen-bond donors (Lipinski definition) is 2. The van der Waals surface area contributed by atoms with E-state index in [0.717, 1.165) is 0 Å².